The third-order valence-electron chi connectivity index (χ3n) is 3.01. The van der Waals surface area contributed by atoms with Gasteiger partial charge in [0.05, 0.1) is 10.3 Å². The van der Waals surface area contributed by atoms with Gasteiger partial charge in [-0.15, -0.1) is 11.3 Å². The van der Waals surface area contributed by atoms with Crippen molar-refractivity contribution in [2.75, 3.05) is 11.9 Å². The molecule has 0 aliphatic rings. The first kappa shape index (κ1) is 16.3. The number of sulfonamides is 1. The van der Waals surface area contributed by atoms with Crippen LogP contribution in [-0.2, 0) is 14.8 Å². The van der Waals surface area contributed by atoms with Gasteiger partial charge in [-0.25, -0.2) is 23.5 Å². The zero-order valence-electron chi connectivity index (χ0n) is 12.2. The molecular formula is C14H12N4O4S2. The zero-order chi connectivity index (χ0) is 17.2. The van der Waals surface area contributed by atoms with Crippen molar-refractivity contribution in [3.05, 3.63) is 42.0 Å². The molecule has 2 aromatic heterocycles. The van der Waals surface area contributed by atoms with Gasteiger partial charge in [0.15, 0.2) is 6.61 Å². The molecule has 0 unspecified atom stereocenters. The molecule has 0 radical (unpaired) electrons. The van der Waals surface area contributed by atoms with Crippen LogP contribution in [0.1, 0.15) is 0 Å². The molecule has 0 atom stereocenters. The zero-order valence-corrected chi connectivity index (χ0v) is 13.8. The largest absolute Gasteiger partial charge is 0.467 e. The number of fused-ring (bicyclic) bond motifs is 1. The van der Waals surface area contributed by atoms with Gasteiger partial charge in [-0.1, -0.05) is 6.07 Å². The van der Waals surface area contributed by atoms with Crippen LogP contribution in [-0.4, -0.2) is 30.9 Å². The van der Waals surface area contributed by atoms with E-state index in [1.807, 2.05) is 11.4 Å². The van der Waals surface area contributed by atoms with Gasteiger partial charge in [-0.05, 0) is 29.6 Å². The SMILES string of the molecule is NS(=O)(=O)c1cccc(NC(=O)COc2ncnc3sccc23)c1. The Hall–Kier alpha value is -2.56. The van der Waals surface area contributed by atoms with E-state index in [0.717, 1.165) is 10.2 Å². The highest BCUT2D eigenvalue weighted by molar-refractivity contribution is 7.89. The molecule has 124 valence electrons. The quantitative estimate of drug-likeness (QED) is 0.704. The van der Waals surface area contributed by atoms with Crippen molar-refractivity contribution in [3.8, 4) is 5.88 Å². The third-order valence-corrected chi connectivity index (χ3v) is 4.74. The molecule has 0 saturated heterocycles. The van der Waals surface area contributed by atoms with Gasteiger partial charge in [0, 0.05) is 5.69 Å². The highest BCUT2D eigenvalue weighted by Crippen LogP contribution is 2.25. The highest BCUT2D eigenvalue weighted by Gasteiger charge is 2.11. The van der Waals surface area contributed by atoms with Crippen LogP contribution < -0.4 is 15.2 Å². The van der Waals surface area contributed by atoms with Gasteiger partial charge >= 0.3 is 0 Å². The van der Waals surface area contributed by atoms with Crippen molar-refractivity contribution >= 4 is 43.2 Å². The Balaban J connectivity index is 1.67. The molecule has 0 saturated carbocycles. The lowest BCUT2D eigenvalue weighted by Crippen LogP contribution is -2.21. The van der Waals surface area contributed by atoms with Crippen molar-refractivity contribution in [1.29, 1.82) is 0 Å². The summed E-state index contributed by atoms with van der Waals surface area (Å²) < 4.78 is 28.0. The monoisotopic (exact) mass is 364 g/mol. The first-order valence-corrected chi connectivity index (χ1v) is 9.10. The van der Waals surface area contributed by atoms with Gasteiger partial charge in [0.2, 0.25) is 15.9 Å². The molecule has 0 spiro atoms. The smallest absolute Gasteiger partial charge is 0.262 e. The van der Waals surface area contributed by atoms with E-state index in [-0.39, 0.29) is 11.5 Å². The van der Waals surface area contributed by atoms with Crippen LogP contribution in [0, 0.1) is 0 Å². The number of nitrogens with one attached hydrogen (secondary N) is 1. The first-order chi connectivity index (χ1) is 11.4. The molecule has 3 N–H and O–H groups in total. The minimum Gasteiger partial charge on any atom is -0.467 e. The Morgan fingerprint density at radius 1 is 1.29 bits per heavy atom. The number of ether oxygens (including phenoxy) is 1. The van der Waals surface area contributed by atoms with Crippen LogP contribution in [0.25, 0.3) is 10.2 Å². The third kappa shape index (κ3) is 3.67. The summed E-state index contributed by atoms with van der Waals surface area (Å²) >= 11 is 1.44. The molecule has 24 heavy (non-hydrogen) atoms. The van der Waals surface area contributed by atoms with E-state index < -0.39 is 15.9 Å². The summed E-state index contributed by atoms with van der Waals surface area (Å²) in [5, 5.41) is 10.2. The number of amides is 1. The Bertz CT molecular complexity index is 1000. The lowest BCUT2D eigenvalue weighted by atomic mass is 10.3. The average Bonchev–Trinajstić information content (AvgIpc) is 3.01. The maximum Gasteiger partial charge on any atom is 0.262 e. The number of nitrogens with two attached hydrogens (primary N) is 1. The van der Waals surface area contributed by atoms with Gasteiger partial charge < -0.3 is 10.1 Å². The maximum atomic E-state index is 12.0. The first-order valence-electron chi connectivity index (χ1n) is 6.67. The average molecular weight is 364 g/mol. The molecule has 0 bridgehead atoms. The molecule has 0 fully saturated rings. The number of hydrogen-bond donors (Lipinski definition) is 2. The number of benzene rings is 1. The summed E-state index contributed by atoms with van der Waals surface area (Å²) in [6, 6.07) is 7.46. The summed E-state index contributed by atoms with van der Waals surface area (Å²) in [5.41, 5.74) is 0.304. The Labute approximate surface area is 141 Å². The van der Waals surface area contributed by atoms with E-state index in [1.165, 1.54) is 35.9 Å². The number of nitrogens with zero attached hydrogens (tertiary/aromatic N) is 2. The molecule has 0 aliphatic carbocycles. The van der Waals surface area contributed by atoms with Crippen LogP contribution in [0.3, 0.4) is 0 Å². The molecule has 3 aromatic rings. The Kier molecular flexibility index (Phi) is 4.42. The molecule has 3 rings (SSSR count). The molecule has 1 amide bonds. The van der Waals surface area contributed by atoms with Gasteiger partial charge in [-0.3, -0.25) is 4.79 Å². The standard InChI is InChI=1S/C14H12N4O4S2/c15-24(20,21)10-3-1-2-9(6-10)18-12(19)7-22-13-11-4-5-23-14(11)17-8-16-13/h1-6,8H,7H2,(H,18,19)(H2,15,20,21). The van der Waals surface area contributed by atoms with Crippen molar-refractivity contribution in [2.45, 2.75) is 4.90 Å². The predicted molar refractivity (Wildman–Crippen MR) is 89.4 cm³/mol. The van der Waals surface area contributed by atoms with E-state index >= 15 is 0 Å². The summed E-state index contributed by atoms with van der Waals surface area (Å²) in [7, 11) is -3.83. The summed E-state index contributed by atoms with van der Waals surface area (Å²) in [5.74, 6) is -0.141. The summed E-state index contributed by atoms with van der Waals surface area (Å²) in [4.78, 5) is 20.7. The topological polar surface area (TPSA) is 124 Å². The van der Waals surface area contributed by atoms with E-state index in [4.69, 9.17) is 9.88 Å². The van der Waals surface area contributed by atoms with Crippen molar-refractivity contribution in [2.24, 2.45) is 5.14 Å². The number of aromatic nitrogens is 2. The Morgan fingerprint density at radius 3 is 2.92 bits per heavy atom. The Morgan fingerprint density at radius 2 is 2.12 bits per heavy atom. The van der Waals surface area contributed by atoms with Crippen molar-refractivity contribution in [1.82, 2.24) is 9.97 Å². The minimum absolute atomic E-state index is 0.0861. The summed E-state index contributed by atoms with van der Waals surface area (Å²) in [6.45, 7) is -0.276. The molecule has 1 aromatic carbocycles. The number of primary sulfonamides is 1. The molecule has 10 heteroatoms. The van der Waals surface area contributed by atoms with E-state index in [2.05, 4.69) is 15.3 Å². The van der Waals surface area contributed by atoms with Gasteiger partial charge in [0.25, 0.3) is 5.91 Å². The number of carbonyl (C=O) groups is 1. The predicted octanol–water partition coefficient (Wildman–Crippen LogP) is 1.36. The van der Waals surface area contributed by atoms with Crippen molar-refractivity contribution in [3.63, 3.8) is 0 Å². The fourth-order valence-corrected chi connectivity index (χ4v) is 3.25. The van der Waals surface area contributed by atoms with Crippen LogP contribution in [0.2, 0.25) is 0 Å². The van der Waals surface area contributed by atoms with Gasteiger partial charge in [0.1, 0.15) is 11.2 Å². The highest BCUT2D eigenvalue weighted by atomic mass is 32.2. The van der Waals surface area contributed by atoms with Gasteiger partial charge in [-0.2, -0.15) is 0 Å². The lowest BCUT2D eigenvalue weighted by Gasteiger charge is -2.08. The number of carbonyl (C=O) groups excluding carboxylic acids is 1. The number of anilines is 1. The van der Waals surface area contributed by atoms with Crippen molar-refractivity contribution < 1.29 is 17.9 Å². The second-order valence-corrected chi connectivity index (χ2v) is 7.18. The number of hydrogen-bond acceptors (Lipinski definition) is 7. The van der Waals surface area contributed by atoms with Crippen LogP contribution in [0.4, 0.5) is 5.69 Å². The number of rotatable bonds is 5. The molecule has 0 aliphatic heterocycles. The van der Waals surface area contributed by atoms with Crippen LogP contribution in [0.15, 0.2) is 46.9 Å². The summed E-state index contributed by atoms with van der Waals surface area (Å²) in [6.07, 6.45) is 1.36. The fraction of sp³-hybridized carbons (Fsp3) is 0.0714. The molecule has 8 nitrogen and oxygen atoms in total. The molecule has 2 heterocycles. The van der Waals surface area contributed by atoms with E-state index in [0.29, 0.717) is 11.6 Å². The second-order valence-electron chi connectivity index (χ2n) is 4.73. The minimum atomic E-state index is -3.83. The van der Waals surface area contributed by atoms with E-state index in [1.54, 1.807) is 6.07 Å². The lowest BCUT2D eigenvalue weighted by molar-refractivity contribution is -0.118. The number of thiophene rings is 1. The maximum absolute atomic E-state index is 12.0. The second kappa shape index (κ2) is 6.51. The normalized spacial score (nSPS) is 11.4. The van der Waals surface area contributed by atoms with E-state index in [9.17, 15) is 13.2 Å². The van der Waals surface area contributed by atoms with Crippen LogP contribution in [0.5, 0.6) is 5.88 Å². The van der Waals surface area contributed by atoms with Crippen LogP contribution >= 0.6 is 11.3 Å². The fourth-order valence-electron chi connectivity index (χ4n) is 1.96. The molecular weight excluding hydrogens is 352 g/mol.